The Hall–Kier alpha value is -1.69. The van der Waals surface area contributed by atoms with E-state index in [0.29, 0.717) is 6.42 Å². The predicted octanol–water partition coefficient (Wildman–Crippen LogP) is -0.140. The van der Waals surface area contributed by atoms with Crippen LogP contribution in [0.15, 0.2) is 12.2 Å². The molecule has 0 saturated carbocycles. The molecular formula is C9H12O6. The Kier molecular flexibility index (Phi) is 6.82. The first-order chi connectivity index (χ1) is 7.06. The number of aliphatic carboxylic acids is 1. The van der Waals surface area contributed by atoms with Gasteiger partial charge >= 0.3 is 17.9 Å². The number of ether oxygens (including phenoxy) is 1. The smallest absolute Gasteiger partial charge is 0.338 e. The third-order valence-corrected chi connectivity index (χ3v) is 1.31. The maximum absolute atomic E-state index is 10.8. The number of carboxylic acid groups (broad SMARTS) is 1. The van der Waals surface area contributed by atoms with Crippen LogP contribution in [0.2, 0.25) is 0 Å². The van der Waals surface area contributed by atoms with E-state index in [1.807, 2.05) is 0 Å². The van der Waals surface area contributed by atoms with Crippen LogP contribution in [0.4, 0.5) is 0 Å². The SMILES string of the molecule is O=C(O)CCC(=O)OC(=O)C=CCCO. The van der Waals surface area contributed by atoms with E-state index in [-0.39, 0.29) is 19.4 Å². The number of hydrogen-bond acceptors (Lipinski definition) is 5. The summed E-state index contributed by atoms with van der Waals surface area (Å²) < 4.78 is 4.24. The first kappa shape index (κ1) is 13.3. The van der Waals surface area contributed by atoms with Crippen molar-refractivity contribution >= 4 is 17.9 Å². The molecule has 6 nitrogen and oxygen atoms in total. The zero-order valence-corrected chi connectivity index (χ0v) is 8.01. The molecule has 15 heavy (non-hydrogen) atoms. The topological polar surface area (TPSA) is 101 Å². The van der Waals surface area contributed by atoms with Gasteiger partial charge in [-0.25, -0.2) is 4.79 Å². The molecule has 0 fully saturated rings. The molecule has 0 aromatic carbocycles. The van der Waals surface area contributed by atoms with Crippen molar-refractivity contribution in [1.82, 2.24) is 0 Å². The predicted molar refractivity (Wildman–Crippen MR) is 48.8 cm³/mol. The summed E-state index contributed by atoms with van der Waals surface area (Å²) >= 11 is 0. The van der Waals surface area contributed by atoms with Crippen molar-refractivity contribution in [3.8, 4) is 0 Å². The van der Waals surface area contributed by atoms with E-state index < -0.39 is 17.9 Å². The Bertz CT molecular complexity index is 268. The molecule has 0 saturated heterocycles. The average Bonchev–Trinajstić information content (AvgIpc) is 2.15. The summed E-state index contributed by atoms with van der Waals surface area (Å²) in [6.45, 7) is -0.100. The molecule has 84 valence electrons. The van der Waals surface area contributed by atoms with Gasteiger partial charge in [-0.1, -0.05) is 6.08 Å². The standard InChI is InChI=1S/C9H12O6/c10-6-2-1-3-8(13)15-9(14)5-4-7(11)12/h1,3,10H,2,4-6H2,(H,11,12). The monoisotopic (exact) mass is 216 g/mol. The number of carboxylic acids is 1. The number of aliphatic hydroxyl groups is 1. The third-order valence-electron chi connectivity index (χ3n) is 1.31. The number of carbonyl (C=O) groups is 3. The van der Waals surface area contributed by atoms with Crippen molar-refractivity contribution in [3.05, 3.63) is 12.2 Å². The van der Waals surface area contributed by atoms with Crippen LogP contribution in [0.1, 0.15) is 19.3 Å². The fourth-order valence-corrected chi connectivity index (χ4v) is 0.660. The maximum Gasteiger partial charge on any atom is 0.338 e. The Morgan fingerprint density at radius 2 is 1.87 bits per heavy atom. The average molecular weight is 216 g/mol. The van der Waals surface area contributed by atoms with Crippen molar-refractivity contribution in [2.75, 3.05) is 6.61 Å². The molecule has 2 N–H and O–H groups in total. The Morgan fingerprint density at radius 1 is 1.20 bits per heavy atom. The molecule has 6 heteroatoms. The molecule has 0 radical (unpaired) electrons. The van der Waals surface area contributed by atoms with Crippen LogP contribution in [0.25, 0.3) is 0 Å². The van der Waals surface area contributed by atoms with Crippen LogP contribution >= 0.6 is 0 Å². The van der Waals surface area contributed by atoms with E-state index in [1.54, 1.807) is 0 Å². The molecule has 0 spiro atoms. The van der Waals surface area contributed by atoms with Gasteiger partial charge in [0.25, 0.3) is 0 Å². The third kappa shape index (κ3) is 8.63. The summed E-state index contributed by atoms with van der Waals surface area (Å²) in [5, 5.41) is 16.6. The van der Waals surface area contributed by atoms with Crippen LogP contribution in [-0.4, -0.2) is 34.7 Å². The van der Waals surface area contributed by atoms with Crippen molar-refractivity contribution in [2.45, 2.75) is 19.3 Å². The van der Waals surface area contributed by atoms with Gasteiger partial charge < -0.3 is 14.9 Å². The Morgan fingerprint density at radius 3 is 2.40 bits per heavy atom. The Labute approximate surface area is 86.2 Å². The fraction of sp³-hybridized carbons (Fsp3) is 0.444. The van der Waals surface area contributed by atoms with E-state index in [0.717, 1.165) is 6.08 Å². The van der Waals surface area contributed by atoms with Gasteiger partial charge in [0.15, 0.2) is 0 Å². The highest BCUT2D eigenvalue weighted by Crippen LogP contribution is 1.94. The van der Waals surface area contributed by atoms with Crippen molar-refractivity contribution in [3.63, 3.8) is 0 Å². The van der Waals surface area contributed by atoms with Crippen LogP contribution < -0.4 is 0 Å². The summed E-state index contributed by atoms with van der Waals surface area (Å²) in [5.74, 6) is -2.87. The van der Waals surface area contributed by atoms with E-state index in [2.05, 4.69) is 4.74 Å². The van der Waals surface area contributed by atoms with Crippen LogP contribution in [0, 0.1) is 0 Å². The second-order valence-electron chi connectivity index (χ2n) is 2.60. The Balaban J connectivity index is 3.76. The molecule has 0 bridgehead atoms. The maximum atomic E-state index is 10.8. The first-order valence-corrected chi connectivity index (χ1v) is 4.30. The number of esters is 2. The molecule has 0 aromatic rings. The lowest BCUT2D eigenvalue weighted by molar-refractivity contribution is -0.157. The molecule has 0 aliphatic carbocycles. The lowest BCUT2D eigenvalue weighted by atomic mass is 10.3. The minimum absolute atomic E-state index is 0.100. The first-order valence-electron chi connectivity index (χ1n) is 4.30. The van der Waals surface area contributed by atoms with Gasteiger partial charge in [-0.15, -0.1) is 0 Å². The highest BCUT2D eigenvalue weighted by molar-refractivity contribution is 5.92. The highest BCUT2D eigenvalue weighted by Gasteiger charge is 2.09. The lowest BCUT2D eigenvalue weighted by Crippen LogP contribution is -2.11. The van der Waals surface area contributed by atoms with Crippen LogP contribution in [-0.2, 0) is 19.1 Å². The number of aliphatic hydroxyl groups excluding tert-OH is 1. The zero-order valence-electron chi connectivity index (χ0n) is 8.01. The van der Waals surface area contributed by atoms with E-state index >= 15 is 0 Å². The summed E-state index contributed by atoms with van der Waals surface area (Å²) in [6, 6.07) is 0. The van der Waals surface area contributed by atoms with Gasteiger partial charge in [0.1, 0.15) is 0 Å². The van der Waals surface area contributed by atoms with E-state index in [1.165, 1.54) is 6.08 Å². The van der Waals surface area contributed by atoms with E-state index in [4.69, 9.17) is 10.2 Å². The summed E-state index contributed by atoms with van der Waals surface area (Å²) in [7, 11) is 0. The fourth-order valence-electron chi connectivity index (χ4n) is 0.660. The second-order valence-corrected chi connectivity index (χ2v) is 2.60. The highest BCUT2D eigenvalue weighted by atomic mass is 16.6. The minimum atomic E-state index is -1.13. The van der Waals surface area contributed by atoms with Gasteiger partial charge in [0.05, 0.1) is 12.8 Å². The lowest BCUT2D eigenvalue weighted by Gasteiger charge is -1.97. The minimum Gasteiger partial charge on any atom is -0.481 e. The van der Waals surface area contributed by atoms with Crippen molar-refractivity contribution in [2.24, 2.45) is 0 Å². The summed E-state index contributed by atoms with van der Waals surface area (Å²) in [5.41, 5.74) is 0. The molecule has 0 heterocycles. The largest absolute Gasteiger partial charge is 0.481 e. The normalized spacial score (nSPS) is 10.2. The quantitative estimate of drug-likeness (QED) is 0.364. The van der Waals surface area contributed by atoms with E-state index in [9.17, 15) is 14.4 Å². The van der Waals surface area contributed by atoms with Gasteiger partial charge in [-0.3, -0.25) is 9.59 Å². The van der Waals surface area contributed by atoms with Crippen molar-refractivity contribution < 1.29 is 29.3 Å². The van der Waals surface area contributed by atoms with Crippen LogP contribution in [0.5, 0.6) is 0 Å². The second kappa shape index (κ2) is 7.69. The van der Waals surface area contributed by atoms with Gasteiger partial charge in [-0.2, -0.15) is 0 Å². The van der Waals surface area contributed by atoms with Gasteiger partial charge in [0, 0.05) is 12.7 Å². The molecule has 0 atom stereocenters. The number of rotatable bonds is 6. The number of hydrogen-bond donors (Lipinski definition) is 2. The molecule has 0 rings (SSSR count). The van der Waals surface area contributed by atoms with Crippen molar-refractivity contribution in [1.29, 1.82) is 0 Å². The number of carbonyl (C=O) groups excluding carboxylic acids is 2. The molecule has 0 aliphatic heterocycles. The zero-order chi connectivity index (χ0) is 11.7. The summed E-state index contributed by atoms with van der Waals surface area (Å²) in [6.07, 6.45) is 1.95. The molecule has 0 unspecified atom stereocenters. The molecule has 0 amide bonds. The molecule has 0 aromatic heterocycles. The molecule has 0 aliphatic rings. The summed E-state index contributed by atoms with van der Waals surface area (Å²) in [4.78, 5) is 31.7. The van der Waals surface area contributed by atoms with Gasteiger partial charge in [-0.05, 0) is 6.42 Å². The van der Waals surface area contributed by atoms with Crippen LogP contribution in [0.3, 0.4) is 0 Å². The molecular weight excluding hydrogens is 204 g/mol. The van der Waals surface area contributed by atoms with Gasteiger partial charge in [0.2, 0.25) is 0 Å².